The highest BCUT2D eigenvalue weighted by atomic mass is 35.5. The van der Waals surface area contributed by atoms with Gasteiger partial charge in [0.05, 0.1) is 5.02 Å². The lowest BCUT2D eigenvalue weighted by atomic mass is 10.0. The van der Waals surface area contributed by atoms with Crippen LogP contribution in [0.5, 0.6) is 0 Å². The van der Waals surface area contributed by atoms with E-state index in [4.69, 9.17) is 23.8 Å². The molecule has 5 heteroatoms. The van der Waals surface area contributed by atoms with Crippen molar-refractivity contribution in [1.82, 2.24) is 0 Å². The van der Waals surface area contributed by atoms with Gasteiger partial charge < -0.3 is 10.2 Å². The third kappa shape index (κ3) is 3.01. The van der Waals surface area contributed by atoms with E-state index in [0.29, 0.717) is 10.8 Å². The topological polar surface area (TPSA) is 15.3 Å². The van der Waals surface area contributed by atoms with Crippen molar-refractivity contribution < 1.29 is 4.39 Å². The molecule has 0 bridgehead atoms. The maximum atomic E-state index is 13.2. The highest BCUT2D eigenvalue weighted by Gasteiger charge is 2.19. The second-order valence-electron chi connectivity index (χ2n) is 4.94. The third-order valence-corrected chi connectivity index (χ3v) is 4.14. The molecule has 0 saturated carbocycles. The Bertz CT molecular complexity index is 690. The van der Waals surface area contributed by atoms with E-state index >= 15 is 0 Å². The third-order valence-electron chi connectivity index (χ3n) is 3.53. The van der Waals surface area contributed by atoms with Crippen molar-refractivity contribution in [3.05, 3.63) is 58.9 Å². The first-order chi connectivity index (χ1) is 10.1. The average molecular weight is 321 g/mol. The van der Waals surface area contributed by atoms with Crippen molar-refractivity contribution in [2.75, 3.05) is 16.8 Å². The predicted molar refractivity (Wildman–Crippen MR) is 89.7 cm³/mol. The van der Waals surface area contributed by atoms with Crippen LogP contribution in [-0.4, -0.2) is 11.7 Å². The van der Waals surface area contributed by atoms with Gasteiger partial charge >= 0.3 is 0 Å². The number of anilines is 2. The van der Waals surface area contributed by atoms with Crippen LogP contribution in [-0.2, 0) is 6.42 Å². The van der Waals surface area contributed by atoms with Gasteiger partial charge in [-0.15, -0.1) is 0 Å². The standard InChI is InChI=1S/C16H14ClFN2S/c17-13-10-12(7-8-14(13)18)19-16(21)20-9-3-5-11-4-1-2-6-15(11)20/h1-2,4,6-8,10H,3,5,9H2,(H,19,21). The number of nitrogens with one attached hydrogen (secondary N) is 1. The van der Waals surface area contributed by atoms with Crippen LogP contribution < -0.4 is 10.2 Å². The monoisotopic (exact) mass is 320 g/mol. The molecule has 2 aromatic carbocycles. The number of para-hydroxylation sites is 1. The highest BCUT2D eigenvalue weighted by Crippen LogP contribution is 2.28. The number of rotatable bonds is 1. The van der Waals surface area contributed by atoms with Crippen LogP contribution in [0.3, 0.4) is 0 Å². The molecule has 0 aromatic heterocycles. The predicted octanol–water partition coefficient (Wildman–Crippen LogP) is 4.63. The summed E-state index contributed by atoms with van der Waals surface area (Å²) in [6.45, 7) is 0.873. The van der Waals surface area contributed by atoms with E-state index in [2.05, 4.69) is 22.3 Å². The molecule has 0 radical (unpaired) electrons. The van der Waals surface area contributed by atoms with Gasteiger partial charge in [-0.1, -0.05) is 29.8 Å². The first-order valence-corrected chi connectivity index (χ1v) is 7.55. The fourth-order valence-electron chi connectivity index (χ4n) is 2.51. The number of nitrogens with zero attached hydrogens (tertiary/aromatic N) is 1. The quantitative estimate of drug-likeness (QED) is 0.771. The van der Waals surface area contributed by atoms with Crippen molar-refractivity contribution in [2.45, 2.75) is 12.8 Å². The first-order valence-electron chi connectivity index (χ1n) is 6.76. The molecule has 0 unspecified atom stereocenters. The number of hydrogen-bond acceptors (Lipinski definition) is 1. The largest absolute Gasteiger partial charge is 0.332 e. The van der Waals surface area contributed by atoms with Gasteiger partial charge in [0.25, 0.3) is 0 Å². The van der Waals surface area contributed by atoms with Crippen LogP contribution in [0, 0.1) is 5.82 Å². The number of halogens is 2. The van der Waals surface area contributed by atoms with Crippen LogP contribution in [0.2, 0.25) is 5.02 Å². The van der Waals surface area contributed by atoms with E-state index in [9.17, 15) is 4.39 Å². The maximum Gasteiger partial charge on any atom is 0.177 e. The summed E-state index contributed by atoms with van der Waals surface area (Å²) in [6.07, 6.45) is 2.13. The Morgan fingerprint density at radius 1 is 1.24 bits per heavy atom. The molecular weight excluding hydrogens is 307 g/mol. The van der Waals surface area contributed by atoms with E-state index in [-0.39, 0.29) is 5.02 Å². The van der Waals surface area contributed by atoms with Crippen LogP contribution in [0.15, 0.2) is 42.5 Å². The lowest BCUT2D eigenvalue weighted by molar-refractivity contribution is 0.628. The second kappa shape index (κ2) is 6.00. The number of aryl methyl sites for hydroxylation is 1. The first kappa shape index (κ1) is 14.3. The Labute approximate surface area is 133 Å². The Hall–Kier alpha value is -1.65. The van der Waals surface area contributed by atoms with Gasteiger partial charge in [-0.05, 0) is 54.9 Å². The van der Waals surface area contributed by atoms with Crippen molar-refractivity contribution in [1.29, 1.82) is 0 Å². The summed E-state index contributed by atoms with van der Waals surface area (Å²) in [5.41, 5.74) is 3.12. The summed E-state index contributed by atoms with van der Waals surface area (Å²) in [4.78, 5) is 2.07. The highest BCUT2D eigenvalue weighted by molar-refractivity contribution is 7.80. The number of benzene rings is 2. The fraction of sp³-hybridized carbons (Fsp3) is 0.188. The van der Waals surface area contributed by atoms with E-state index in [0.717, 1.165) is 25.1 Å². The van der Waals surface area contributed by atoms with Gasteiger partial charge in [0, 0.05) is 17.9 Å². The molecule has 0 fully saturated rings. The maximum absolute atomic E-state index is 13.2. The van der Waals surface area contributed by atoms with Gasteiger partial charge in [-0.2, -0.15) is 0 Å². The molecule has 0 atom stereocenters. The SMILES string of the molecule is Fc1ccc(NC(=S)N2CCCc3ccccc32)cc1Cl. The number of thiocarbonyl (C=S) groups is 1. The zero-order valence-corrected chi connectivity index (χ0v) is 12.8. The Morgan fingerprint density at radius 2 is 2.05 bits per heavy atom. The molecule has 108 valence electrons. The second-order valence-corrected chi connectivity index (χ2v) is 5.74. The van der Waals surface area contributed by atoms with E-state index in [1.54, 1.807) is 12.1 Å². The molecule has 3 rings (SSSR count). The minimum Gasteiger partial charge on any atom is -0.332 e. The lowest BCUT2D eigenvalue weighted by Crippen LogP contribution is -2.38. The molecule has 2 aromatic rings. The molecule has 1 aliphatic rings. The van der Waals surface area contributed by atoms with Gasteiger partial charge in [-0.25, -0.2) is 4.39 Å². The molecule has 1 aliphatic heterocycles. The minimum atomic E-state index is -0.434. The fourth-order valence-corrected chi connectivity index (χ4v) is 3.00. The molecule has 0 aliphatic carbocycles. The molecule has 1 heterocycles. The van der Waals surface area contributed by atoms with E-state index < -0.39 is 5.82 Å². The summed E-state index contributed by atoms with van der Waals surface area (Å²) >= 11 is 11.3. The van der Waals surface area contributed by atoms with Crippen molar-refractivity contribution in [3.63, 3.8) is 0 Å². The minimum absolute atomic E-state index is 0.0850. The molecule has 1 N–H and O–H groups in total. The zero-order chi connectivity index (χ0) is 14.8. The summed E-state index contributed by atoms with van der Waals surface area (Å²) in [5, 5.41) is 3.81. The lowest BCUT2D eigenvalue weighted by Gasteiger charge is -2.31. The van der Waals surface area contributed by atoms with Crippen molar-refractivity contribution in [3.8, 4) is 0 Å². The average Bonchev–Trinajstić information content (AvgIpc) is 2.50. The molecule has 0 saturated heterocycles. The van der Waals surface area contributed by atoms with Gasteiger partial charge in [-0.3, -0.25) is 0 Å². The zero-order valence-electron chi connectivity index (χ0n) is 11.3. The summed E-state index contributed by atoms with van der Waals surface area (Å²) < 4.78 is 13.2. The Morgan fingerprint density at radius 3 is 2.86 bits per heavy atom. The summed E-state index contributed by atoms with van der Waals surface area (Å²) in [7, 11) is 0. The van der Waals surface area contributed by atoms with Crippen molar-refractivity contribution >= 4 is 40.3 Å². The molecule has 2 nitrogen and oxygen atoms in total. The van der Waals surface area contributed by atoms with E-state index in [1.807, 2.05) is 12.1 Å². The normalized spacial score (nSPS) is 13.7. The molecule has 21 heavy (non-hydrogen) atoms. The van der Waals surface area contributed by atoms with Gasteiger partial charge in [0.2, 0.25) is 0 Å². The van der Waals surface area contributed by atoms with Gasteiger partial charge in [0.15, 0.2) is 5.11 Å². The van der Waals surface area contributed by atoms with Crippen molar-refractivity contribution in [2.24, 2.45) is 0 Å². The molecule has 0 amide bonds. The molecular formula is C16H14ClFN2S. The summed E-state index contributed by atoms with van der Waals surface area (Å²) in [6, 6.07) is 12.7. The summed E-state index contributed by atoms with van der Waals surface area (Å²) in [5.74, 6) is -0.434. The number of hydrogen-bond donors (Lipinski definition) is 1. The van der Waals surface area contributed by atoms with Crippen LogP contribution >= 0.6 is 23.8 Å². The Kier molecular flexibility index (Phi) is 4.08. The van der Waals surface area contributed by atoms with Crippen LogP contribution in [0.1, 0.15) is 12.0 Å². The van der Waals surface area contributed by atoms with Crippen LogP contribution in [0.4, 0.5) is 15.8 Å². The van der Waals surface area contributed by atoms with Crippen LogP contribution in [0.25, 0.3) is 0 Å². The van der Waals surface area contributed by atoms with E-state index in [1.165, 1.54) is 11.6 Å². The smallest absolute Gasteiger partial charge is 0.177 e. The van der Waals surface area contributed by atoms with Gasteiger partial charge in [0.1, 0.15) is 5.82 Å². The Balaban J connectivity index is 1.81. The molecule has 0 spiro atoms. The number of fused-ring (bicyclic) bond motifs is 1.